The van der Waals surface area contributed by atoms with Gasteiger partial charge in [0.15, 0.2) is 5.96 Å². The van der Waals surface area contributed by atoms with Crippen molar-refractivity contribution in [3.8, 4) is 0 Å². The van der Waals surface area contributed by atoms with Crippen LogP contribution in [0, 0.1) is 6.92 Å². The number of aliphatic imine (C=N–C) groups is 1. The zero-order valence-electron chi connectivity index (χ0n) is 14.8. The predicted molar refractivity (Wildman–Crippen MR) is 99.7 cm³/mol. The van der Waals surface area contributed by atoms with Gasteiger partial charge in [-0.05, 0) is 43.0 Å². The molecule has 0 amide bonds. The van der Waals surface area contributed by atoms with Crippen LogP contribution >= 0.6 is 0 Å². The smallest absolute Gasteiger partial charge is 0.191 e. The Bertz CT molecular complexity index is 661. The average Bonchev–Trinajstić information content (AvgIpc) is 3.32. The first kappa shape index (κ1) is 17.5. The minimum Gasteiger partial charge on any atom is -0.469 e. The van der Waals surface area contributed by atoms with Gasteiger partial charge in [0.25, 0.3) is 0 Å². The summed E-state index contributed by atoms with van der Waals surface area (Å²) >= 11 is 0. The lowest BCUT2D eigenvalue weighted by atomic mass is 10.1. The van der Waals surface area contributed by atoms with E-state index in [1.165, 1.54) is 11.1 Å². The van der Waals surface area contributed by atoms with Crippen LogP contribution in [0.4, 0.5) is 0 Å². The van der Waals surface area contributed by atoms with Crippen LogP contribution in [0.5, 0.6) is 0 Å². The summed E-state index contributed by atoms with van der Waals surface area (Å²) in [5, 5.41) is 6.81. The summed E-state index contributed by atoms with van der Waals surface area (Å²) in [6.07, 6.45) is 5.09. The Morgan fingerprint density at radius 2 is 2.12 bits per heavy atom. The second-order valence-electron chi connectivity index (χ2n) is 6.36. The first-order valence-electron chi connectivity index (χ1n) is 9.02. The molecule has 1 aliphatic heterocycles. The third-order valence-electron chi connectivity index (χ3n) is 4.43. The van der Waals surface area contributed by atoms with E-state index in [4.69, 9.17) is 14.1 Å². The summed E-state index contributed by atoms with van der Waals surface area (Å²) < 4.78 is 11.1. The molecule has 134 valence electrons. The van der Waals surface area contributed by atoms with Gasteiger partial charge in [-0.2, -0.15) is 0 Å². The molecule has 5 nitrogen and oxygen atoms in total. The number of hydrogen-bond donors (Lipinski definition) is 2. The Balaban J connectivity index is 1.55. The molecule has 2 heterocycles. The Morgan fingerprint density at radius 1 is 1.20 bits per heavy atom. The molecule has 1 aromatic carbocycles. The van der Waals surface area contributed by atoms with Crippen molar-refractivity contribution in [2.24, 2.45) is 4.99 Å². The highest BCUT2D eigenvalue weighted by Crippen LogP contribution is 2.11. The maximum absolute atomic E-state index is 5.69. The zero-order chi connectivity index (χ0) is 17.3. The highest BCUT2D eigenvalue weighted by molar-refractivity contribution is 5.79. The number of rotatable bonds is 7. The average molecular weight is 341 g/mol. The fourth-order valence-electron chi connectivity index (χ4n) is 2.90. The first-order valence-corrected chi connectivity index (χ1v) is 9.02. The molecule has 1 unspecified atom stereocenters. The van der Waals surface area contributed by atoms with Crippen molar-refractivity contribution in [3.05, 3.63) is 59.5 Å². The van der Waals surface area contributed by atoms with Crippen molar-refractivity contribution in [1.29, 1.82) is 0 Å². The Kier molecular flexibility index (Phi) is 6.51. The lowest BCUT2D eigenvalue weighted by molar-refractivity contribution is 0.114. The maximum atomic E-state index is 5.69. The molecule has 0 radical (unpaired) electrons. The number of nitrogens with one attached hydrogen (secondary N) is 2. The summed E-state index contributed by atoms with van der Waals surface area (Å²) in [6, 6.07) is 12.3. The first-order chi connectivity index (χ1) is 12.3. The van der Waals surface area contributed by atoms with Crippen LogP contribution in [-0.4, -0.2) is 31.8 Å². The fourth-order valence-corrected chi connectivity index (χ4v) is 2.90. The van der Waals surface area contributed by atoms with Crippen LogP contribution in [0.1, 0.15) is 29.7 Å². The van der Waals surface area contributed by atoms with E-state index < -0.39 is 0 Å². The molecule has 1 aromatic heterocycles. The van der Waals surface area contributed by atoms with E-state index in [2.05, 4.69) is 41.8 Å². The molecule has 5 heteroatoms. The van der Waals surface area contributed by atoms with Crippen molar-refractivity contribution in [3.63, 3.8) is 0 Å². The molecule has 3 rings (SSSR count). The quantitative estimate of drug-likeness (QED) is 0.600. The molecule has 1 atom stereocenters. The number of benzene rings is 1. The number of hydrogen-bond acceptors (Lipinski definition) is 3. The second-order valence-corrected chi connectivity index (χ2v) is 6.36. The van der Waals surface area contributed by atoms with Gasteiger partial charge in [-0.1, -0.05) is 24.3 Å². The van der Waals surface area contributed by atoms with Gasteiger partial charge in [0.2, 0.25) is 0 Å². The molecule has 0 spiro atoms. The van der Waals surface area contributed by atoms with Crippen LogP contribution in [-0.2, 0) is 17.7 Å². The molecule has 25 heavy (non-hydrogen) atoms. The predicted octanol–water partition coefficient (Wildman–Crippen LogP) is 3.04. The minimum atomic E-state index is 0.288. The van der Waals surface area contributed by atoms with Crippen molar-refractivity contribution in [1.82, 2.24) is 10.6 Å². The highest BCUT2D eigenvalue weighted by Gasteiger charge is 2.15. The topological polar surface area (TPSA) is 58.8 Å². The normalized spacial score (nSPS) is 17.6. The number of nitrogens with zero attached hydrogens (tertiary/aromatic N) is 1. The van der Waals surface area contributed by atoms with E-state index in [1.807, 2.05) is 12.1 Å². The Labute approximate surface area is 149 Å². The van der Waals surface area contributed by atoms with Crippen molar-refractivity contribution in [2.45, 2.75) is 38.8 Å². The molecule has 2 N–H and O–H groups in total. The molecular weight excluding hydrogens is 314 g/mol. The van der Waals surface area contributed by atoms with E-state index >= 15 is 0 Å². The van der Waals surface area contributed by atoms with Crippen molar-refractivity contribution >= 4 is 5.96 Å². The third kappa shape index (κ3) is 5.64. The Morgan fingerprint density at radius 3 is 2.88 bits per heavy atom. The van der Waals surface area contributed by atoms with E-state index in [0.717, 1.165) is 50.7 Å². The standard InChI is InChI=1S/C20H27N3O2/c1-16-6-2-3-7-17(16)14-22-20(23-15-19-9-5-13-25-19)21-11-10-18-8-4-12-24-18/h2-4,6-8,12,19H,5,9-11,13-15H2,1H3,(H2,21,22,23). The van der Waals surface area contributed by atoms with Gasteiger partial charge in [-0.25, -0.2) is 4.99 Å². The van der Waals surface area contributed by atoms with E-state index in [0.29, 0.717) is 6.54 Å². The summed E-state index contributed by atoms with van der Waals surface area (Å²) in [4.78, 5) is 4.74. The van der Waals surface area contributed by atoms with Crippen LogP contribution in [0.25, 0.3) is 0 Å². The summed E-state index contributed by atoms with van der Waals surface area (Å²) in [5.74, 6) is 1.80. The lowest BCUT2D eigenvalue weighted by Crippen LogP contribution is -2.41. The van der Waals surface area contributed by atoms with E-state index in [1.54, 1.807) is 6.26 Å². The molecule has 0 saturated carbocycles. The summed E-state index contributed by atoms with van der Waals surface area (Å²) in [5.41, 5.74) is 2.51. The third-order valence-corrected chi connectivity index (χ3v) is 4.43. The highest BCUT2D eigenvalue weighted by atomic mass is 16.5. The van der Waals surface area contributed by atoms with Crippen molar-refractivity contribution in [2.75, 3.05) is 19.7 Å². The number of furan rings is 1. The molecule has 0 bridgehead atoms. The lowest BCUT2D eigenvalue weighted by Gasteiger charge is -2.15. The SMILES string of the molecule is Cc1ccccc1CN=C(NCCc1ccco1)NCC1CCCO1. The molecule has 1 saturated heterocycles. The van der Waals surface area contributed by atoms with Gasteiger partial charge in [0, 0.05) is 26.1 Å². The van der Waals surface area contributed by atoms with Crippen LogP contribution in [0.2, 0.25) is 0 Å². The minimum absolute atomic E-state index is 0.288. The zero-order valence-corrected chi connectivity index (χ0v) is 14.8. The van der Waals surface area contributed by atoms with E-state index in [-0.39, 0.29) is 6.10 Å². The molecule has 1 aliphatic rings. The van der Waals surface area contributed by atoms with Gasteiger partial charge in [0.05, 0.1) is 18.9 Å². The van der Waals surface area contributed by atoms with Crippen LogP contribution in [0.3, 0.4) is 0 Å². The van der Waals surface area contributed by atoms with Gasteiger partial charge >= 0.3 is 0 Å². The van der Waals surface area contributed by atoms with Crippen molar-refractivity contribution < 1.29 is 9.15 Å². The molecule has 0 aliphatic carbocycles. The Hall–Kier alpha value is -2.27. The van der Waals surface area contributed by atoms with Crippen LogP contribution < -0.4 is 10.6 Å². The van der Waals surface area contributed by atoms with E-state index in [9.17, 15) is 0 Å². The number of guanidine groups is 1. The monoisotopic (exact) mass is 341 g/mol. The van der Waals surface area contributed by atoms with Gasteiger partial charge in [0.1, 0.15) is 5.76 Å². The molecule has 1 fully saturated rings. The van der Waals surface area contributed by atoms with Gasteiger partial charge in [-0.3, -0.25) is 0 Å². The van der Waals surface area contributed by atoms with Gasteiger partial charge < -0.3 is 19.8 Å². The molecular formula is C20H27N3O2. The maximum Gasteiger partial charge on any atom is 0.191 e. The number of ether oxygens (including phenoxy) is 1. The fraction of sp³-hybridized carbons (Fsp3) is 0.450. The summed E-state index contributed by atoms with van der Waals surface area (Å²) in [6.45, 7) is 5.22. The summed E-state index contributed by atoms with van der Waals surface area (Å²) in [7, 11) is 0. The molecule has 2 aromatic rings. The number of aryl methyl sites for hydroxylation is 1. The second kappa shape index (κ2) is 9.28. The van der Waals surface area contributed by atoms with Gasteiger partial charge in [-0.15, -0.1) is 0 Å². The van der Waals surface area contributed by atoms with Crippen LogP contribution in [0.15, 0.2) is 52.1 Å². The largest absolute Gasteiger partial charge is 0.469 e.